The Morgan fingerprint density at radius 1 is 1.55 bits per heavy atom. The molecule has 0 atom stereocenters. The number of aromatic amines is 1. The van der Waals surface area contributed by atoms with Crippen LogP contribution >= 0.6 is 0 Å². The number of aromatic nitrogens is 1. The predicted octanol–water partition coefficient (Wildman–Crippen LogP) is 3.11. The molecule has 0 saturated carbocycles. The Hall–Kier alpha value is -1.24. The van der Waals surface area contributed by atoms with Gasteiger partial charge in [-0.05, 0) is 18.1 Å². The monoisotopic (exact) mass is 149 g/mol. The van der Waals surface area contributed by atoms with E-state index in [2.05, 4.69) is 25.1 Å². The van der Waals surface area contributed by atoms with Gasteiger partial charge < -0.3 is 4.98 Å². The van der Waals surface area contributed by atoms with Crippen LogP contribution in [0, 0.1) is 0 Å². The Kier molecular flexibility index (Phi) is 2.32. The van der Waals surface area contributed by atoms with E-state index in [-0.39, 0.29) is 1.43 Å². The van der Waals surface area contributed by atoms with Gasteiger partial charge in [-0.2, -0.15) is 0 Å². The van der Waals surface area contributed by atoms with Crippen LogP contribution in [0.2, 0.25) is 0 Å². The van der Waals surface area contributed by atoms with Gasteiger partial charge in [0.2, 0.25) is 0 Å². The molecule has 0 unspecified atom stereocenters. The fraction of sp³-hybridized carbons (Fsp3) is 0.200. The van der Waals surface area contributed by atoms with Crippen LogP contribution in [0.15, 0.2) is 19.4 Å². The van der Waals surface area contributed by atoms with Gasteiger partial charge in [0.25, 0.3) is 0 Å². The molecule has 11 heavy (non-hydrogen) atoms. The summed E-state index contributed by atoms with van der Waals surface area (Å²) < 4.78 is 0. The van der Waals surface area contributed by atoms with E-state index in [1.54, 1.807) is 0 Å². The van der Waals surface area contributed by atoms with E-state index in [4.69, 9.17) is 0 Å². The van der Waals surface area contributed by atoms with Crippen molar-refractivity contribution in [2.75, 3.05) is 0 Å². The maximum Gasteiger partial charge on any atom is 0.0450 e. The summed E-state index contributed by atoms with van der Waals surface area (Å²) in [6.07, 6.45) is 6.72. The summed E-state index contributed by atoms with van der Waals surface area (Å²) >= 11 is 0. The lowest BCUT2D eigenvalue weighted by Gasteiger charge is -1.94. The molecule has 0 aromatic carbocycles. The van der Waals surface area contributed by atoms with E-state index < -0.39 is 0 Å². The van der Waals surface area contributed by atoms with Gasteiger partial charge >= 0.3 is 0 Å². The second-order valence-corrected chi connectivity index (χ2v) is 2.40. The lowest BCUT2D eigenvalue weighted by molar-refractivity contribution is 1.14. The third kappa shape index (κ3) is 1.27. The van der Waals surface area contributed by atoms with Crippen molar-refractivity contribution >= 4 is 12.2 Å². The van der Waals surface area contributed by atoms with Gasteiger partial charge in [-0.1, -0.05) is 26.2 Å². The fourth-order valence-electron chi connectivity index (χ4n) is 1.20. The van der Waals surface area contributed by atoms with E-state index >= 15 is 0 Å². The second-order valence-electron chi connectivity index (χ2n) is 2.40. The molecule has 0 fully saturated rings. The maximum atomic E-state index is 3.75. The quantitative estimate of drug-likeness (QED) is 0.679. The van der Waals surface area contributed by atoms with E-state index in [1.165, 1.54) is 11.1 Å². The van der Waals surface area contributed by atoms with Crippen LogP contribution in [0.5, 0.6) is 0 Å². The van der Waals surface area contributed by atoms with Crippen molar-refractivity contribution in [2.24, 2.45) is 0 Å². The Bertz CT molecular complexity index is 273. The first kappa shape index (κ1) is 7.86. The zero-order chi connectivity index (χ0) is 8.27. The predicted molar refractivity (Wildman–Crippen MR) is 52.5 cm³/mol. The summed E-state index contributed by atoms with van der Waals surface area (Å²) in [4.78, 5) is 3.14. The number of H-pyrrole nitrogens is 1. The normalized spacial score (nSPS) is 9.55. The molecular weight excluding hydrogens is 134 g/mol. The average molecular weight is 149 g/mol. The van der Waals surface area contributed by atoms with Crippen molar-refractivity contribution in [3.8, 4) is 0 Å². The van der Waals surface area contributed by atoms with Gasteiger partial charge in [0, 0.05) is 18.9 Å². The van der Waals surface area contributed by atoms with Crippen LogP contribution < -0.4 is 0 Å². The lowest BCUT2D eigenvalue weighted by atomic mass is 10.1. The van der Waals surface area contributed by atoms with Gasteiger partial charge in [-0.15, -0.1) is 0 Å². The molecule has 0 amide bonds. The highest BCUT2D eigenvalue weighted by atomic mass is 14.7. The lowest BCUT2D eigenvalue weighted by Crippen LogP contribution is -1.79. The van der Waals surface area contributed by atoms with Crippen LogP contribution in [0.3, 0.4) is 0 Å². The van der Waals surface area contributed by atoms with Crippen molar-refractivity contribution < 1.29 is 1.43 Å². The highest BCUT2D eigenvalue weighted by molar-refractivity contribution is 5.64. The number of hydrogen-bond acceptors (Lipinski definition) is 0. The van der Waals surface area contributed by atoms with Crippen molar-refractivity contribution in [3.05, 3.63) is 36.2 Å². The van der Waals surface area contributed by atoms with Gasteiger partial charge in [-0.25, -0.2) is 0 Å². The van der Waals surface area contributed by atoms with Crippen LogP contribution in [0.1, 0.15) is 25.2 Å². The minimum absolute atomic E-state index is 0. The summed E-state index contributed by atoms with van der Waals surface area (Å²) in [6, 6.07) is 0. The van der Waals surface area contributed by atoms with E-state index in [1.807, 2.05) is 18.3 Å². The molecule has 1 heterocycles. The molecule has 1 heteroatoms. The molecular formula is C10H15N. The molecule has 1 aromatic rings. The Morgan fingerprint density at radius 2 is 2.27 bits per heavy atom. The summed E-state index contributed by atoms with van der Waals surface area (Å²) in [5.74, 6) is 0. The van der Waals surface area contributed by atoms with Crippen LogP contribution in [-0.2, 0) is 6.42 Å². The standard InChI is InChI=1S/C10H13N.H2/c1-4-8-7-11-10(6-3)9(8)5-2;/h5-7,11H,2-4H2,1H3;1H. The molecule has 1 aromatic heterocycles. The first-order valence-corrected chi connectivity index (χ1v) is 3.78. The second kappa shape index (κ2) is 3.24. The van der Waals surface area contributed by atoms with Gasteiger partial charge in [0.05, 0.1) is 0 Å². The third-order valence-electron chi connectivity index (χ3n) is 1.83. The molecule has 1 N–H and O–H groups in total. The van der Waals surface area contributed by atoms with Crippen molar-refractivity contribution in [2.45, 2.75) is 13.3 Å². The number of rotatable bonds is 3. The molecule has 0 spiro atoms. The molecule has 0 aliphatic carbocycles. The van der Waals surface area contributed by atoms with Gasteiger partial charge in [0.15, 0.2) is 0 Å². The molecule has 1 rings (SSSR count). The molecule has 60 valence electrons. The average Bonchev–Trinajstić information content (AvgIpc) is 2.45. The van der Waals surface area contributed by atoms with Crippen molar-refractivity contribution in [1.82, 2.24) is 4.98 Å². The maximum absolute atomic E-state index is 3.75. The van der Waals surface area contributed by atoms with E-state index in [0.29, 0.717) is 0 Å². The number of hydrogen-bond donors (Lipinski definition) is 1. The largest absolute Gasteiger partial charge is 0.361 e. The molecule has 1 nitrogen and oxygen atoms in total. The SMILES string of the molecule is C=Cc1[nH]cc(CC)c1C=C.[HH]. The first-order valence-electron chi connectivity index (χ1n) is 3.78. The molecule has 0 saturated heterocycles. The Balaban J connectivity index is 0.00000121. The summed E-state index contributed by atoms with van der Waals surface area (Å²) in [5.41, 5.74) is 3.55. The van der Waals surface area contributed by atoms with Gasteiger partial charge in [0.1, 0.15) is 0 Å². The van der Waals surface area contributed by atoms with Gasteiger partial charge in [-0.3, -0.25) is 0 Å². The molecule has 0 aliphatic rings. The van der Waals surface area contributed by atoms with Crippen LogP contribution in [0.4, 0.5) is 0 Å². The summed E-state index contributed by atoms with van der Waals surface area (Å²) in [7, 11) is 0. The Labute approximate surface area is 68.9 Å². The van der Waals surface area contributed by atoms with E-state index in [0.717, 1.165) is 12.1 Å². The number of nitrogens with one attached hydrogen (secondary N) is 1. The zero-order valence-electron chi connectivity index (χ0n) is 6.85. The Morgan fingerprint density at radius 3 is 2.73 bits per heavy atom. The van der Waals surface area contributed by atoms with E-state index in [9.17, 15) is 0 Å². The molecule has 0 aliphatic heterocycles. The molecule has 0 radical (unpaired) electrons. The van der Waals surface area contributed by atoms with Crippen molar-refractivity contribution in [1.29, 1.82) is 0 Å². The topological polar surface area (TPSA) is 15.8 Å². The zero-order valence-corrected chi connectivity index (χ0v) is 6.85. The highest BCUT2D eigenvalue weighted by Crippen LogP contribution is 2.16. The minimum atomic E-state index is 0. The van der Waals surface area contributed by atoms with Crippen LogP contribution in [0.25, 0.3) is 12.2 Å². The van der Waals surface area contributed by atoms with Crippen molar-refractivity contribution in [3.63, 3.8) is 0 Å². The third-order valence-corrected chi connectivity index (χ3v) is 1.83. The highest BCUT2D eigenvalue weighted by Gasteiger charge is 2.02. The fourth-order valence-corrected chi connectivity index (χ4v) is 1.20. The smallest absolute Gasteiger partial charge is 0.0450 e. The molecule has 0 bridgehead atoms. The first-order chi connectivity index (χ1) is 5.33. The van der Waals surface area contributed by atoms with Crippen LogP contribution in [-0.4, -0.2) is 4.98 Å². The summed E-state index contributed by atoms with van der Waals surface area (Å²) in [5, 5.41) is 0. The number of aryl methyl sites for hydroxylation is 1. The summed E-state index contributed by atoms with van der Waals surface area (Å²) in [6.45, 7) is 9.59. The minimum Gasteiger partial charge on any atom is -0.361 e.